The first-order valence-corrected chi connectivity index (χ1v) is 5.61. The molecule has 1 aliphatic rings. The van der Waals surface area contributed by atoms with Crippen LogP contribution in [-0.2, 0) is 0 Å². The molecule has 0 radical (unpaired) electrons. The van der Waals surface area contributed by atoms with Crippen LogP contribution < -0.4 is 0 Å². The molecule has 0 amide bonds. The molecule has 0 nitrogen and oxygen atoms in total. The van der Waals surface area contributed by atoms with E-state index in [4.69, 9.17) is 11.6 Å². The smallest absolute Gasteiger partial charge is 0.0416 e. The molecule has 2 rings (SSSR count). The van der Waals surface area contributed by atoms with Crippen molar-refractivity contribution in [3.63, 3.8) is 0 Å². The molecule has 0 N–H and O–H groups in total. The second kappa shape index (κ2) is 3.38. The summed E-state index contributed by atoms with van der Waals surface area (Å²) in [5.74, 6) is 0. The highest BCUT2D eigenvalue weighted by Gasteiger charge is 2.02. The third-order valence-corrected chi connectivity index (χ3v) is 3.81. The third kappa shape index (κ3) is 1.57. The highest BCUT2D eigenvalue weighted by atomic mass is 35.5. The van der Waals surface area contributed by atoms with Crippen LogP contribution in [0.25, 0.3) is 0 Å². The van der Waals surface area contributed by atoms with Crippen molar-refractivity contribution in [1.29, 1.82) is 0 Å². The van der Waals surface area contributed by atoms with Crippen LogP contribution in [0.2, 0.25) is 5.02 Å². The molecule has 1 aliphatic heterocycles. The van der Waals surface area contributed by atoms with Crippen molar-refractivity contribution in [2.75, 3.05) is 0 Å². The Balaban J connectivity index is 2.34. The fourth-order valence-corrected chi connectivity index (χ4v) is 2.97. The van der Waals surface area contributed by atoms with E-state index in [0.717, 1.165) is 5.02 Å². The van der Waals surface area contributed by atoms with Crippen LogP contribution in [0.4, 0.5) is 0 Å². The van der Waals surface area contributed by atoms with Gasteiger partial charge in [-0.2, -0.15) is 10.9 Å². The maximum Gasteiger partial charge on any atom is 0.0416 e. The van der Waals surface area contributed by atoms with Gasteiger partial charge in [0.2, 0.25) is 0 Å². The first-order chi connectivity index (χ1) is 5.86. The van der Waals surface area contributed by atoms with E-state index < -0.39 is 0 Å². The van der Waals surface area contributed by atoms with Crippen molar-refractivity contribution in [1.82, 2.24) is 0 Å². The summed E-state index contributed by atoms with van der Waals surface area (Å²) in [5, 5.41) is 5.27. The second-order valence-electron chi connectivity index (χ2n) is 2.57. The molecule has 0 saturated carbocycles. The van der Waals surface area contributed by atoms with Gasteiger partial charge in [0, 0.05) is 5.02 Å². The van der Waals surface area contributed by atoms with Crippen LogP contribution in [0.5, 0.6) is 0 Å². The SMILES string of the molecule is Clc1cccc([SH]2C=CC=C2)c1. The maximum atomic E-state index is 5.89. The average molecular weight is 197 g/mol. The molecule has 1 aromatic carbocycles. The lowest BCUT2D eigenvalue weighted by atomic mass is 10.4. The van der Waals surface area contributed by atoms with Gasteiger partial charge in [-0.05, 0) is 33.9 Å². The summed E-state index contributed by atoms with van der Waals surface area (Å²) in [6.07, 6.45) is 4.18. The van der Waals surface area contributed by atoms with Gasteiger partial charge in [-0.1, -0.05) is 29.8 Å². The summed E-state index contributed by atoms with van der Waals surface area (Å²) in [5.41, 5.74) is 0. The normalized spacial score (nSPS) is 17.2. The van der Waals surface area contributed by atoms with Crippen molar-refractivity contribution in [2.45, 2.75) is 4.90 Å². The summed E-state index contributed by atoms with van der Waals surface area (Å²) in [7, 11) is -0.202. The van der Waals surface area contributed by atoms with E-state index >= 15 is 0 Å². The van der Waals surface area contributed by atoms with E-state index in [1.165, 1.54) is 4.90 Å². The molecule has 62 valence electrons. The van der Waals surface area contributed by atoms with Crippen molar-refractivity contribution >= 4 is 22.5 Å². The summed E-state index contributed by atoms with van der Waals surface area (Å²) in [6, 6.07) is 8.06. The highest BCUT2D eigenvalue weighted by Crippen LogP contribution is 2.42. The van der Waals surface area contributed by atoms with E-state index in [1.54, 1.807) is 0 Å². The van der Waals surface area contributed by atoms with Crippen LogP contribution in [0.15, 0.2) is 52.1 Å². The van der Waals surface area contributed by atoms with Gasteiger partial charge in [-0.25, -0.2) is 0 Å². The average Bonchev–Trinajstić information content (AvgIpc) is 2.56. The minimum absolute atomic E-state index is 0.202. The van der Waals surface area contributed by atoms with Gasteiger partial charge in [-0.15, -0.1) is 0 Å². The van der Waals surface area contributed by atoms with Crippen molar-refractivity contribution in [3.8, 4) is 0 Å². The van der Waals surface area contributed by atoms with Gasteiger partial charge in [-0.3, -0.25) is 0 Å². The van der Waals surface area contributed by atoms with Crippen molar-refractivity contribution in [3.05, 3.63) is 52.3 Å². The third-order valence-electron chi connectivity index (χ3n) is 1.71. The summed E-state index contributed by atoms with van der Waals surface area (Å²) in [6.45, 7) is 0. The summed E-state index contributed by atoms with van der Waals surface area (Å²) >= 11 is 5.89. The zero-order valence-corrected chi connectivity index (χ0v) is 8.09. The van der Waals surface area contributed by atoms with Crippen LogP contribution in [0.3, 0.4) is 0 Å². The molecule has 0 unspecified atom stereocenters. The molecule has 1 heterocycles. The van der Waals surface area contributed by atoms with Crippen molar-refractivity contribution < 1.29 is 0 Å². The Morgan fingerprint density at radius 3 is 2.50 bits per heavy atom. The lowest BCUT2D eigenvalue weighted by Gasteiger charge is -2.09. The largest absolute Gasteiger partial charge is 0.186 e. The number of rotatable bonds is 1. The molecular weight excluding hydrogens is 188 g/mol. The second-order valence-corrected chi connectivity index (χ2v) is 4.93. The Bertz CT molecular complexity index is 329. The Kier molecular flexibility index (Phi) is 2.24. The van der Waals surface area contributed by atoms with Gasteiger partial charge in [0.1, 0.15) is 0 Å². The molecule has 12 heavy (non-hydrogen) atoms. The molecule has 0 atom stereocenters. The fourth-order valence-electron chi connectivity index (χ4n) is 1.14. The Morgan fingerprint density at radius 2 is 1.83 bits per heavy atom. The number of halogens is 1. The maximum absolute atomic E-state index is 5.89. The highest BCUT2D eigenvalue weighted by molar-refractivity contribution is 8.22. The monoisotopic (exact) mass is 196 g/mol. The van der Waals surface area contributed by atoms with Crippen LogP contribution >= 0.6 is 22.5 Å². The van der Waals surface area contributed by atoms with Crippen LogP contribution in [0, 0.1) is 0 Å². The summed E-state index contributed by atoms with van der Waals surface area (Å²) in [4.78, 5) is 1.32. The molecular formula is C10H9ClS. The standard InChI is InChI=1S/C10H9ClS/c11-9-4-3-5-10(8-9)12-6-1-2-7-12/h1-8,12H. The molecule has 0 fully saturated rings. The Morgan fingerprint density at radius 1 is 1.08 bits per heavy atom. The minimum atomic E-state index is -0.202. The van der Waals surface area contributed by atoms with E-state index in [0.29, 0.717) is 0 Å². The van der Waals surface area contributed by atoms with Crippen molar-refractivity contribution in [2.24, 2.45) is 0 Å². The zero-order valence-electron chi connectivity index (χ0n) is 6.44. The Hall–Kier alpha value is -0.660. The number of hydrogen-bond donors (Lipinski definition) is 1. The van der Waals surface area contributed by atoms with Crippen LogP contribution in [-0.4, -0.2) is 0 Å². The van der Waals surface area contributed by atoms with E-state index in [2.05, 4.69) is 29.0 Å². The zero-order chi connectivity index (χ0) is 8.39. The van der Waals surface area contributed by atoms with Crippen LogP contribution in [0.1, 0.15) is 0 Å². The minimum Gasteiger partial charge on any atom is -0.186 e. The number of hydrogen-bond acceptors (Lipinski definition) is 0. The predicted molar refractivity (Wildman–Crippen MR) is 57.0 cm³/mol. The van der Waals surface area contributed by atoms with Gasteiger partial charge < -0.3 is 0 Å². The fraction of sp³-hybridized carbons (Fsp3) is 0. The number of thiol groups is 1. The number of benzene rings is 1. The Labute approximate surface area is 79.9 Å². The molecule has 2 heteroatoms. The topological polar surface area (TPSA) is 0 Å². The molecule has 1 aromatic rings. The predicted octanol–water partition coefficient (Wildman–Crippen LogP) is 3.74. The quantitative estimate of drug-likeness (QED) is 0.650. The van der Waals surface area contributed by atoms with Gasteiger partial charge in [0.05, 0.1) is 0 Å². The summed E-state index contributed by atoms with van der Waals surface area (Å²) < 4.78 is 0. The first kappa shape index (κ1) is 7.96. The molecule has 0 spiro atoms. The van der Waals surface area contributed by atoms with E-state index in [9.17, 15) is 0 Å². The molecule has 0 aliphatic carbocycles. The molecule has 0 aromatic heterocycles. The molecule has 0 bridgehead atoms. The van der Waals surface area contributed by atoms with Gasteiger partial charge in [0.15, 0.2) is 0 Å². The van der Waals surface area contributed by atoms with E-state index in [1.807, 2.05) is 18.2 Å². The first-order valence-electron chi connectivity index (χ1n) is 3.75. The lowest BCUT2D eigenvalue weighted by Crippen LogP contribution is -1.73. The van der Waals surface area contributed by atoms with Gasteiger partial charge in [0.25, 0.3) is 0 Å². The number of allylic oxidation sites excluding steroid dienone is 2. The van der Waals surface area contributed by atoms with E-state index in [-0.39, 0.29) is 10.9 Å². The molecule has 0 saturated heterocycles. The lowest BCUT2D eigenvalue weighted by molar-refractivity contribution is 1.46. The van der Waals surface area contributed by atoms with Gasteiger partial charge >= 0.3 is 0 Å².